The van der Waals surface area contributed by atoms with Crippen molar-refractivity contribution in [3.63, 3.8) is 0 Å². The van der Waals surface area contributed by atoms with Crippen LogP contribution in [-0.2, 0) is 12.8 Å². The van der Waals surface area contributed by atoms with Crippen molar-refractivity contribution >= 4 is 17.4 Å². The van der Waals surface area contributed by atoms with Crippen LogP contribution in [0.4, 0.5) is 11.5 Å². The van der Waals surface area contributed by atoms with Gasteiger partial charge in [-0.2, -0.15) is 0 Å². The molecule has 0 saturated carbocycles. The van der Waals surface area contributed by atoms with Gasteiger partial charge in [0.25, 0.3) is 5.91 Å². The number of para-hydroxylation sites is 1. The van der Waals surface area contributed by atoms with E-state index in [1.165, 1.54) is 17.5 Å². The predicted octanol–water partition coefficient (Wildman–Crippen LogP) is 3.72. The normalized spacial score (nSPS) is 12.7. The molecule has 27 heavy (non-hydrogen) atoms. The molecule has 1 amide bonds. The molecule has 0 aliphatic carbocycles. The van der Waals surface area contributed by atoms with Crippen LogP contribution in [0.2, 0.25) is 0 Å². The number of nitrogens with one attached hydrogen (secondary N) is 1. The van der Waals surface area contributed by atoms with Gasteiger partial charge in [0, 0.05) is 24.8 Å². The lowest BCUT2D eigenvalue weighted by Gasteiger charge is -2.17. The molecule has 2 aromatic carbocycles. The molecule has 1 aliphatic heterocycles. The van der Waals surface area contributed by atoms with Crippen molar-refractivity contribution in [2.75, 3.05) is 23.3 Å². The number of aromatic nitrogens is 2. The van der Waals surface area contributed by atoms with E-state index in [1.54, 1.807) is 11.0 Å². The highest BCUT2D eigenvalue weighted by Crippen LogP contribution is 2.28. The maximum absolute atomic E-state index is 12.9. The SMILES string of the molecule is O=C(c1cc(NCCCc2ccccc2)ncn1)N1CCc2ccccc21. The summed E-state index contributed by atoms with van der Waals surface area (Å²) in [6, 6.07) is 20.2. The van der Waals surface area contributed by atoms with Gasteiger partial charge in [0.05, 0.1) is 0 Å². The largest absolute Gasteiger partial charge is 0.370 e. The van der Waals surface area contributed by atoms with E-state index >= 15 is 0 Å². The summed E-state index contributed by atoms with van der Waals surface area (Å²) in [4.78, 5) is 23.1. The fourth-order valence-electron chi connectivity index (χ4n) is 3.41. The molecule has 2 heterocycles. The number of rotatable bonds is 6. The summed E-state index contributed by atoms with van der Waals surface area (Å²) >= 11 is 0. The molecule has 1 aromatic heterocycles. The third-order valence-corrected chi connectivity index (χ3v) is 4.81. The molecule has 1 N–H and O–H groups in total. The standard InChI is InChI=1S/C22H22N4O/c27-22(26-14-12-18-10-4-5-11-20(18)26)19-15-21(25-16-24-19)23-13-6-9-17-7-2-1-3-8-17/h1-5,7-8,10-11,15-16H,6,9,12-14H2,(H,23,24,25). The molecule has 0 fully saturated rings. The average molecular weight is 358 g/mol. The van der Waals surface area contributed by atoms with E-state index in [2.05, 4.69) is 45.6 Å². The second-order valence-electron chi connectivity index (χ2n) is 6.64. The Balaban J connectivity index is 1.37. The molecule has 0 bridgehead atoms. The molecule has 1 aliphatic rings. The summed E-state index contributed by atoms with van der Waals surface area (Å²) in [6.45, 7) is 1.49. The van der Waals surface area contributed by atoms with Gasteiger partial charge in [-0.1, -0.05) is 48.5 Å². The van der Waals surface area contributed by atoms with Crippen LogP contribution in [0.25, 0.3) is 0 Å². The highest BCUT2D eigenvalue weighted by Gasteiger charge is 2.26. The van der Waals surface area contributed by atoms with E-state index in [4.69, 9.17) is 0 Å². The van der Waals surface area contributed by atoms with Gasteiger partial charge in [0.2, 0.25) is 0 Å². The Morgan fingerprint density at radius 1 is 1.04 bits per heavy atom. The molecular weight excluding hydrogens is 336 g/mol. The van der Waals surface area contributed by atoms with E-state index in [0.717, 1.165) is 31.5 Å². The summed E-state index contributed by atoms with van der Waals surface area (Å²) in [7, 11) is 0. The van der Waals surface area contributed by atoms with Crippen LogP contribution in [0, 0.1) is 0 Å². The van der Waals surface area contributed by atoms with Crippen LogP contribution in [0.1, 0.15) is 28.0 Å². The molecular formula is C22H22N4O. The minimum Gasteiger partial charge on any atom is -0.370 e. The van der Waals surface area contributed by atoms with Gasteiger partial charge in [-0.05, 0) is 36.5 Å². The minimum absolute atomic E-state index is 0.0744. The third kappa shape index (κ3) is 3.97. The van der Waals surface area contributed by atoms with E-state index in [1.807, 2.05) is 24.3 Å². The third-order valence-electron chi connectivity index (χ3n) is 4.81. The highest BCUT2D eigenvalue weighted by molar-refractivity contribution is 6.06. The second kappa shape index (κ2) is 7.99. The Bertz CT molecular complexity index is 926. The maximum Gasteiger partial charge on any atom is 0.277 e. The summed E-state index contributed by atoms with van der Waals surface area (Å²) in [5.41, 5.74) is 3.94. The van der Waals surface area contributed by atoms with Crippen LogP contribution >= 0.6 is 0 Å². The van der Waals surface area contributed by atoms with Crippen LogP contribution < -0.4 is 10.2 Å². The summed E-state index contributed by atoms with van der Waals surface area (Å²) < 4.78 is 0. The summed E-state index contributed by atoms with van der Waals surface area (Å²) in [5, 5.41) is 3.30. The molecule has 0 atom stereocenters. The number of carbonyl (C=O) groups is 1. The zero-order valence-corrected chi connectivity index (χ0v) is 15.1. The number of amides is 1. The average Bonchev–Trinajstić information content (AvgIpc) is 3.16. The van der Waals surface area contributed by atoms with Crippen LogP contribution in [0.15, 0.2) is 67.0 Å². The number of hydrogen-bond acceptors (Lipinski definition) is 4. The van der Waals surface area contributed by atoms with E-state index in [0.29, 0.717) is 18.1 Å². The van der Waals surface area contributed by atoms with E-state index < -0.39 is 0 Å². The van der Waals surface area contributed by atoms with Crippen LogP contribution in [-0.4, -0.2) is 29.0 Å². The molecule has 0 unspecified atom stereocenters. The maximum atomic E-state index is 12.9. The molecule has 0 spiro atoms. The molecule has 3 aromatic rings. The lowest BCUT2D eigenvalue weighted by Crippen LogP contribution is -2.29. The highest BCUT2D eigenvalue weighted by atomic mass is 16.2. The Morgan fingerprint density at radius 2 is 1.85 bits per heavy atom. The summed E-state index contributed by atoms with van der Waals surface area (Å²) in [5.74, 6) is 0.614. The van der Waals surface area contributed by atoms with Crippen molar-refractivity contribution in [3.05, 3.63) is 83.8 Å². The number of hydrogen-bond donors (Lipinski definition) is 1. The van der Waals surface area contributed by atoms with Crippen molar-refractivity contribution in [2.24, 2.45) is 0 Å². The van der Waals surface area contributed by atoms with Gasteiger partial charge in [-0.15, -0.1) is 0 Å². The van der Waals surface area contributed by atoms with Crippen molar-refractivity contribution in [2.45, 2.75) is 19.3 Å². The summed E-state index contributed by atoms with van der Waals surface area (Å²) in [6.07, 6.45) is 4.35. The van der Waals surface area contributed by atoms with Gasteiger partial charge in [0.15, 0.2) is 0 Å². The minimum atomic E-state index is -0.0744. The lowest BCUT2D eigenvalue weighted by molar-refractivity contribution is 0.0984. The molecule has 0 saturated heterocycles. The van der Waals surface area contributed by atoms with Gasteiger partial charge in [0.1, 0.15) is 17.8 Å². The number of fused-ring (bicyclic) bond motifs is 1. The molecule has 0 radical (unpaired) electrons. The first-order valence-corrected chi connectivity index (χ1v) is 9.31. The number of aryl methyl sites for hydroxylation is 1. The first-order chi connectivity index (χ1) is 13.3. The Kier molecular flexibility index (Phi) is 5.10. The van der Waals surface area contributed by atoms with E-state index in [9.17, 15) is 4.79 Å². The number of benzene rings is 2. The van der Waals surface area contributed by atoms with Gasteiger partial charge in [-0.25, -0.2) is 9.97 Å². The molecule has 4 rings (SSSR count). The van der Waals surface area contributed by atoms with Crippen LogP contribution in [0.3, 0.4) is 0 Å². The van der Waals surface area contributed by atoms with Crippen LogP contribution in [0.5, 0.6) is 0 Å². The second-order valence-corrected chi connectivity index (χ2v) is 6.64. The molecule has 136 valence electrons. The zero-order chi connectivity index (χ0) is 18.5. The predicted molar refractivity (Wildman–Crippen MR) is 107 cm³/mol. The number of nitrogens with zero attached hydrogens (tertiary/aromatic N) is 3. The van der Waals surface area contributed by atoms with Gasteiger partial charge >= 0.3 is 0 Å². The quantitative estimate of drug-likeness (QED) is 0.682. The molecule has 5 nitrogen and oxygen atoms in total. The lowest BCUT2D eigenvalue weighted by atomic mass is 10.1. The van der Waals surface area contributed by atoms with Crippen molar-refractivity contribution in [1.82, 2.24) is 9.97 Å². The zero-order valence-electron chi connectivity index (χ0n) is 15.1. The van der Waals surface area contributed by atoms with Crippen molar-refractivity contribution in [3.8, 4) is 0 Å². The smallest absolute Gasteiger partial charge is 0.277 e. The number of carbonyl (C=O) groups excluding carboxylic acids is 1. The van der Waals surface area contributed by atoms with Crippen molar-refractivity contribution < 1.29 is 4.79 Å². The molecule has 5 heteroatoms. The van der Waals surface area contributed by atoms with Gasteiger partial charge in [-0.3, -0.25) is 4.79 Å². The Hall–Kier alpha value is -3.21. The van der Waals surface area contributed by atoms with Crippen molar-refractivity contribution in [1.29, 1.82) is 0 Å². The first kappa shape index (κ1) is 17.2. The fraction of sp³-hybridized carbons (Fsp3) is 0.227. The Morgan fingerprint density at radius 3 is 2.74 bits per heavy atom. The van der Waals surface area contributed by atoms with E-state index in [-0.39, 0.29) is 5.91 Å². The topological polar surface area (TPSA) is 58.1 Å². The fourth-order valence-corrected chi connectivity index (χ4v) is 3.41. The Labute approximate surface area is 159 Å². The number of anilines is 2. The monoisotopic (exact) mass is 358 g/mol. The van der Waals surface area contributed by atoms with Gasteiger partial charge < -0.3 is 10.2 Å². The first-order valence-electron chi connectivity index (χ1n) is 9.31.